The van der Waals surface area contributed by atoms with Gasteiger partial charge in [0.2, 0.25) is 11.9 Å². The van der Waals surface area contributed by atoms with Crippen LogP contribution in [0, 0.1) is 0 Å². The largest absolute Gasteiger partial charge is 0.366 e. The minimum Gasteiger partial charge on any atom is -0.366 e. The van der Waals surface area contributed by atoms with Gasteiger partial charge in [0.25, 0.3) is 0 Å². The Balaban J connectivity index is 1.67. The lowest BCUT2D eigenvalue weighted by molar-refractivity contribution is 0.100. The first kappa shape index (κ1) is 16.1. The predicted molar refractivity (Wildman–Crippen MR) is 97.3 cm³/mol. The number of hydrogen-bond acceptors (Lipinski definition) is 6. The summed E-state index contributed by atoms with van der Waals surface area (Å²) in [6.45, 7) is 0.894. The lowest BCUT2D eigenvalue weighted by Gasteiger charge is -2.24. The van der Waals surface area contributed by atoms with Gasteiger partial charge in [-0.25, -0.2) is 19.9 Å². The molecule has 7 heteroatoms. The molecule has 1 amide bonds. The van der Waals surface area contributed by atoms with Gasteiger partial charge in [0, 0.05) is 36.3 Å². The molecule has 1 aliphatic heterocycles. The summed E-state index contributed by atoms with van der Waals surface area (Å²) in [6.07, 6.45) is 7.28. The molecule has 0 spiro atoms. The Bertz CT molecular complexity index is 930. The highest BCUT2D eigenvalue weighted by atomic mass is 16.1. The average Bonchev–Trinajstić information content (AvgIpc) is 3.19. The van der Waals surface area contributed by atoms with Gasteiger partial charge in [-0.3, -0.25) is 4.79 Å². The fraction of sp³-hybridized carbons (Fsp3) is 0.211. The molecule has 26 heavy (non-hydrogen) atoms. The van der Waals surface area contributed by atoms with Crippen LogP contribution in [-0.4, -0.2) is 32.4 Å². The minimum absolute atomic E-state index is 0.110. The number of nitrogens with two attached hydrogens (primary N) is 1. The van der Waals surface area contributed by atoms with Crippen molar-refractivity contribution >= 4 is 11.9 Å². The van der Waals surface area contributed by atoms with Crippen LogP contribution in [0.3, 0.4) is 0 Å². The molecular formula is C19H18N6O. The number of rotatable bonds is 4. The summed E-state index contributed by atoms with van der Waals surface area (Å²) in [7, 11) is 0. The first-order chi connectivity index (χ1) is 12.7. The average molecular weight is 346 g/mol. The number of nitrogens with zero attached hydrogens (tertiary/aromatic N) is 5. The molecule has 3 aromatic rings. The molecule has 7 nitrogen and oxygen atoms in total. The first-order valence-corrected chi connectivity index (χ1v) is 8.49. The molecule has 0 radical (unpaired) electrons. The van der Waals surface area contributed by atoms with E-state index in [9.17, 15) is 4.79 Å². The molecule has 4 rings (SSSR count). The van der Waals surface area contributed by atoms with Gasteiger partial charge < -0.3 is 10.6 Å². The molecule has 0 aliphatic carbocycles. The standard InChI is InChI=1S/C19H18N6O/c20-17(26)13-4-1-5-14(12-13)18-21-10-7-15(24-18)16-6-2-11-25(16)19-22-8-3-9-23-19/h1,3-5,7-10,12,16H,2,6,11H2,(H2,20,26). The monoisotopic (exact) mass is 346 g/mol. The van der Waals surface area contributed by atoms with E-state index in [-0.39, 0.29) is 6.04 Å². The van der Waals surface area contributed by atoms with Crippen molar-refractivity contribution in [2.75, 3.05) is 11.4 Å². The van der Waals surface area contributed by atoms with Gasteiger partial charge in [-0.05, 0) is 37.1 Å². The normalized spacial score (nSPS) is 16.6. The van der Waals surface area contributed by atoms with Crippen molar-refractivity contribution in [3.8, 4) is 11.4 Å². The van der Waals surface area contributed by atoms with Crippen molar-refractivity contribution in [3.63, 3.8) is 0 Å². The van der Waals surface area contributed by atoms with Gasteiger partial charge in [-0.2, -0.15) is 0 Å². The highest BCUT2D eigenvalue weighted by Crippen LogP contribution is 2.33. The molecule has 1 aliphatic rings. The lowest BCUT2D eigenvalue weighted by Crippen LogP contribution is -2.25. The van der Waals surface area contributed by atoms with Crippen LogP contribution in [0.2, 0.25) is 0 Å². The smallest absolute Gasteiger partial charge is 0.248 e. The Morgan fingerprint density at radius 2 is 1.92 bits per heavy atom. The van der Waals surface area contributed by atoms with Crippen LogP contribution < -0.4 is 10.6 Å². The zero-order valence-corrected chi connectivity index (χ0v) is 14.1. The van der Waals surface area contributed by atoms with Crippen LogP contribution in [0.4, 0.5) is 5.95 Å². The summed E-state index contributed by atoms with van der Waals surface area (Å²) in [5.41, 5.74) is 7.50. The van der Waals surface area contributed by atoms with E-state index in [0.717, 1.165) is 30.6 Å². The van der Waals surface area contributed by atoms with Crippen molar-refractivity contribution < 1.29 is 4.79 Å². The molecule has 1 atom stereocenters. The van der Waals surface area contributed by atoms with Crippen LogP contribution in [-0.2, 0) is 0 Å². The predicted octanol–water partition coefficient (Wildman–Crippen LogP) is 2.37. The second-order valence-corrected chi connectivity index (χ2v) is 6.15. The third-order valence-corrected chi connectivity index (χ3v) is 4.49. The van der Waals surface area contributed by atoms with Gasteiger partial charge in [0.15, 0.2) is 5.82 Å². The number of benzene rings is 1. The molecule has 3 heterocycles. The highest BCUT2D eigenvalue weighted by molar-refractivity contribution is 5.93. The minimum atomic E-state index is -0.466. The highest BCUT2D eigenvalue weighted by Gasteiger charge is 2.29. The van der Waals surface area contributed by atoms with E-state index >= 15 is 0 Å². The maximum Gasteiger partial charge on any atom is 0.248 e. The van der Waals surface area contributed by atoms with Gasteiger partial charge in [-0.15, -0.1) is 0 Å². The number of carbonyl (C=O) groups excluding carboxylic acids is 1. The molecule has 130 valence electrons. The lowest BCUT2D eigenvalue weighted by atomic mass is 10.1. The molecule has 2 aromatic heterocycles. The maximum atomic E-state index is 11.4. The zero-order valence-electron chi connectivity index (χ0n) is 14.1. The molecular weight excluding hydrogens is 328 g/mol. The third-order valence-electron chi connectivity index (χ3n) is 4.49. The van der Waals surface area contributed by atoms with Gasteiger partial charge >= 0.3 is 0 Å². The summed E-state index contributed by atoms with van der Waals surface area (Å²) < 4.78 is 0. The molecule has 1 saturated heterocycles. The quantitative estimate of drug-likeness (QED) is 0.779. The van der Waals surface area contributed by atoms with Crippen LogP contribution in [0.25, 0.3) is 11.4 Å². The molecule has 0 bridgehead atoms. The fourth-order valence-electron chi connectivity index (χ4n) is 3.26. The second-order valence-electron chi connectivity index (χ2n) is 6.15. The molecule has 1 fully saturated rings. The van der Waals surface area contributed by atoms with E-state index in [1.54, 1.807) is 36.8 Å². The van der Waals surface area contributed by atoms with Crippen LogP contribution in [0.1, 0.15) is 34.9 Å². The van der Waals surface area contributed by atoms with Crippen molar-refractivity contribution in [1.29, 1.82) is 0 Å². The maximum absolute atomic E-state index is 11.4. The summed E-state index contributed by atoms with van der Waals surface area (Å²) in [5, 5.41) is 0. The van der Waals surface area contributed by atoms with E-state index in [0.29, 0.717) is 17.3 Å². The van der Waals surface area contributed by atoms with Crippen molar-refractivity contribution in [2.24, 2.45) is 5.73 Å². The van der Waals surface area contributed by atoms with E-state index in [4.69, 9.17) is 10.7 Å². The number of carbonyl (C=O) groups is 1. The van der Waals surface area contributed by atoms with E-state index in [1.165, 1.54) is 0 Å². The van der Waals surface area contributed by atoms with Gasteiger partial charge in [0.05, 0.1) is 11.7 Å². The van der Waals surface area contributed by atoms with Crippen molar-refractivity contribution in [1.82, 2.24) is 19.9 Å². The summed E-state index contributed by atoms with van der Waals surface area (Å²) in [5.74, 6) is 0.823. The fourth-order valence-corrected chi connectivity index (χ4v) is 3.26. The Labute approximate surface area is 151 Å². The van der Waals surface area contributed by atoms with Crippen LogP contribution in [0.5, 0.6) is 0 Å². The van der Waals surface area contributed by atoms with Gasteiger partial charge in [0.1, 0.15) is 0 Å². The molecule has 0 saturated carbocycles. The summed E-state index contributed by atoms with van der Waals surface area (Å²) in [6, 6.07) is 10.9. The molecule has 1 unspecified atom stereocenters. The molecule has 2 N–H and O–H groups in total. The SMILES string of the molecule is NC(=O)c1cccc(-c2nccc(C3CCCN3c3ncccn3)n2)c1. The van der Waals surface area contributed by atoms with E-state index in [1.807, 2.05) is 18.2 Å². The summed E-state index contributed by atoms with van der Waals surface area (Å²) in [4.78, 5) is 31.4. The zero-order chi connectivity index (χ0) is 17.9. The van der Waals surface area contributed by atoms with Crippen molar-refractivity contribution in [2.45, 2.75) is 18.9 Å². The Kier molecular flexibility index (Phi) is 4.27. The van der Waals surface area contributed by atoms with E-state index < -0.39 is 5.91 Å². The van der Waals surface area contributed by atoms with Crippen LogP contribution >= 0.6 is 0 Å². The third kappa shape index (κ3) is 3.11. The van der Waals surface area contributed by atoms with E-state index in [2.05, 4.69) is 19.9 Å². The number of hydrogen-bond donors (Lipinski definition) is 1. The van der Waals surface area contributed by atoms with Gasteiger partial charge in [-0.1, -0.05) is 12.1 Å². The Morgan fingerprint density at radius 3 is 2.73 bits per heavy atom. The second kappa shape index (κ2) is 6.87. The van der Waals surface area contributed by atoms with Crippen LogP contribution in [0.15, 0.2) is 55.0 Å². The van der Waals surface area contributed by atoms with Crippen molar-refractivity contribution in [3.05, 3.63) is 66.2 Å². The Morgan fingerprint density at radius 1 is 1.08 bits per heavy atom. The number of primary amides is 1. The number of aromatic nitrogens is 4. The number of amides is 1. The number of anilines is 1. The topological polar surface area (TPSA) is 97.9 Å². The molecule has 1 aromatic carbocycles. The summed E-state index contributed by atoms with van der Waals surface area (Å²) >= 11 is 0. The Hall–Kier alpha value is -3.35. The first-order valence-electron chi connectivity index (χ1n) is 8.49.